The van der Waals surface area contributed by atoms with Crippen LogP contribution in [0.25, 0.3) is 0 Å². The van der Waals surface area contributed by atoms with E-state index < -0.39 is 5.97 Å². The molecule has 2 aromatic carbocycles. The van der Waals surface area contributed by atoms with Crippen molar-refractivity contribution in [2.75, 3.05) is 12.4 Å². The molecule has 0 aliphatic carbocycles. The van der Waals surface area contributed by atoms with E-state index >= 15 is 0 Å². The van der Waals surface area contributed by atoms with Gasteiger partial charge in [0.2, 0.25) is 0 Å². The van der Waals surface area contributed by atoms with Gasteiger partial charge in [-0.05, 0) is 46.9 Å². The lowest BCUT2D eigenvalue weighted by atomic mass is 10.1. The number of para-hydroxylation sites is 1. The number of halogens is 1. The van der Waals surface area contributed by atoms with E-state index in [2.05, 4.69) is 32.6 Å². The van der Waals surface area contributed by atoms with Crippen molar-refractivity contribution >= 4 is 40.2 Å². The van der Waals surface area contributed by atoms with Crippen molar-refractivity contribution in [3.63, 3.8) is 0 Å². The van der Waals surface area contributed by atoms with Crippen molar-refractivity contribution in [3.05, 3.63) is 63.2 Å². The maximum atomic E-state index is 12.3. The fourth-order valence-corrected chi connectivity index (χ4v) is 2.24. The predicted octanol–water partition coefficient (Wildman–Crippen LogP) is 3.33. The molecular weight excluding hydrogens is 369 g/mol. The molecule has 1 N–H and O–H groups in total. The fraction of sp³-hybridized carbons (Fsp3) is 0.0667. The van der Waals surface area contributed by atoms with E-state index in [1.165, 1.54) is 7.11 Å². The average molecular weight is 381 g/mol. The van der Waals surface area contributed by atoms with Gasteiger partial charge in [0.25, 0.3) is 5.91 Å². The molecular formula is C15H12INO3. The number of methoxy groups -OCH3 is 1. The van der Waals surface area contributed by atoms with Gasteiger partial charge < -0.3 is 10.1 Å². The highest BCUT2D eigenvalue weighted by atomic mass is 127. The molecule has 0 aromatic heterocycles. The number of ether oxygens (including phenoxy) is 1. The number of anilines is 1. The predicted molar refractivity (Wildman–Crippen MR) is 84.9 cm³/mol. The van der Waals surface area contributed by atoms with Gasteiger partial charge in [0, 0.05) is 3.57 Å². The third-order valence-electron chi connectivity index (χ3n) is 2.70. The molecule has 0 heterocycles. The third kappa shape index (κ3) is 3.16. The summed E-state index contributed by atoms with van der Waals surface area (Å²) in [6.45, 7) is 0. The molecule has 0 saturated heterocycles. The largest absolute Gasteiger partial charge is 0.465 e. The number of nitrogens with one attached hydrogen (secondary N) is 1. The molecule has 0 radical (unpaired) electrons. The minimum atomic E-state index is -0.529. The zero-order chi connectivity index (χ0) is 14.5. The van der Waals surface area contributed by atoms with Crippen LogP contribution in [-0.4, -0.2) is 19.0 Å². The Morgan fingerprint density at radius 1 is 1.00 bits per heavy atom. The molecule has 0 aliphatic rings. The van der Waals surface area contributed by atoms with Crippen LogP contribution in [0.3, 0.4) is 0 Å². The number of hydrogen-bond donors (Lipinski definition) is 1. The second-order valence-corrected chi connectivity index (χ2v) is 5.13. The molecule has 0 aliphatic heterocycles. The average Bonchev–Trinajstić information content (AvgIpc) is 2.48. The molecule has 0 spiro atoms. The minimum absolute atomic E-state index is 0.249. The van der Waals surface area contributed by atoms with Gasteiger partial charge in [0.05, 0.1) is 23.9 Å². The van der Waals surface area contributed by atoms with Gasteiger partial charge in [-0.15, -0.1) is 0 Å². The normalized spacial score (nSPS) is 9.90. The number of carbonyl (C=O) groups excluding carboxylic acids is 2. The molecule has 2 aromatic rings. The van der Waals surface area contributed by atoms with E-state index in [0.717, 1.165) is 3.57 Å². The van der Waals surface area contributed by atoms with Crippen molar-refractivity contribution in [3.8, 4) is 0 Å². The number of hydrogen-bond acceptors (Lipinski definition) is 3. The van der Waals surface area contributed by atoms with Gasteiger partial charge in [-0.2, -0.15) is 0 Å². The SMILES string of the molecule is COC(=O)c1ccccc1C(=O)Nc1ccccc1I. The van der Waals surface area contributed by atoms with Crippen molar-refractivity contribution in [1.82, 2.24) is 0 Å². The molecule has 1 amide bonds. The van der Waals surface area contributed by atoms with E-state index in [-0.39, 0.29) is 11.5 Å². The summed E-state index contributed by atoms with van der Waals surface area (Å²) in [4.78, 5) is 23.9. The summed E-state index contributed by atoms with van der Waals surface area (Å²) < 4.78 is 5.61. The van der Waals surface area contributed by atoms with Gasteiger partial charge in [0.1, 0.15) is 0 Å². The second kappa shape index (κ2) is 6.51. The molecule has 0 bridgehead atoms. The Balaban J connectivity index is 2.31. The summed E-state index contributed by atoms with van der Waals surface area (Å²) >= 11 is 2.14. The van der Waals surface area contributed by atoms with Crippen molar-refractivity contribution < 1.29 is 14.3 Å². The quantitative estimate of drug-likeness (QED) is 0.656. The smallest absolute Gasteiger partial charge is 0.338 e. The first kappa shape index (κ1) is 14.5. The lowest BCUT2D eigenvalue weighted by molar-refractivity contribution is 0.0597. The molecule has 0 fully saturated rings. The summed E-state index contributed by atoms with van der Waals surface area (Å²) in [6.07, 6.45) is 0. The van der Waals surface area contributed by atoms with Crippen LogP contribution < -0.4 is 5.32 Å². The zero-order valence-corrected chi connectivity index (χ0v) is 12.9. The Hall–Kier alpha value is -1.89. The third-order valence-corrected chi connectivity index (χ3v) is 3.64. The van der Waals surface area contributed by atoms with Crippen LogP contribution >= 0.6 is 22.6 Å². The fourth-order valence-electron chi connectivity index (χ4n) is 1.72. The van der Waals surface area contributed by atoms with E-state index in [1.807, 2.05) is 18.2 Å². The monoisotopic (exact) mass is 381 g/mol. The van der Waals surface area contributed by atoms with Crippen molar-refractivity contribution in [2.24, 2.45) is 0 Å². The number of carbonyl (C=O) groups is 2. The lowest BCUT2D eigenvalue weighted by Gasteiger charge is -2.10. The molecule has 102 valence electrons. The zero-order valence-electron chi connectivity index (χ0n) is 10.7. The highest BCUT2D eigenvalue weighted by Gasteiger charge is 2.17. The molecule has 0 atom stereocenters. The summed E-state index contributed by atoms with van der Waals surface area (Å²) in [7, 11) is 1.29. The van der Waals surface area contributed by atoms with Crippen LogP contribution in [0.2, 0.25) is 0 Å². The highest BCUT2D eigenvalue weighted by Crippen LogP contribution is 2.19. The van der Waals surface area contributed by atoms with Gasteiger partial charge in [-0.25, -0.2) is 4.79 Å². The number of amides is 1. The van der Waals surface area contributed by atoms with Gasteiger partial charge in [-0.3, -0.25) is 4.79 Å². The number of rotatable bonds is 3. The molecule has 0 saturated carbocycles. The van der Waals surface area contributed by atoms with E-state index in [1.54, 1.807) is 30.3 Å². The Kier molecular flexibility index (Phi) is 4.73. The topological polar surface area (TPSA) is 55.4 Å². The second-order valence-electron chi connectivity index (χ2n) is 3.97. The number of esters is 1. The molecule has 0 unspecified atom stereocenters. The van der Waals surface area contributed by atoms with Crippen LogP contribution in [0.1, 0.15) is 20.7 Å². The first-order chi connectivity index (χ1) is 9.63. The lowest BCUT2D eigenvalue weighted by Crippen LogP contribution is -2.17. The van der Waals surface area contributed by atoms with Crippen LogP contribution in [0.5, 0.6) is 0 Å². The van der Waals surface area contributed by atoms with E-state index in [9.17, 15) is 9.59 Å². The van der Waals surface area contributed by atoms with E-state index in [0.29, 0.717) is 11.3 Å². The summed E-state index contributed by atoms with van der Waals surface area (Å²) in [5.74, 6) is -0.867. The Morgan fingerprint density at radius 3 is 2.25 bits per heavy atom. The van der Waals surface area contributed by atoms with Crippen LogP contribution in [0, 0.1) is 3.57 Å². The van der Waals surface area contributed by atoms with E-state index in [4.69, 9.17) is 0 Å². The molecule has 5 heteroatoms. The number of benzene rings is 2. The van der Waals surface area contributed by atoms with Gasteiger partial charge in [-0.1, -0.05) is 24.3 Å². The van der Waals surface area contributed by atoms with Crippen LogP contribution in [0.15, 0.2) is 48.5 Å². The Labute approximate surface area is 130 Å². The summed E-state index contributed by atoms with van der Waals surface area (Å²) in [5, 5.41) is 2.79. The summed E-state index contributed by atoms with van der Waals surface area (Å²) in [5.41, 5.74) is 1.25. The van der Waals surface area contributed by atoms with Crippen LogP contribution in [-0.2, 0) is 4.74 Å². The molecule has 2 rings (SSSR count). The minimum Gasteiger partial charge on any atom is -0.465 e. The summed E-state index contributed by atoms with van der Waals surface area (Å²) in [6, 6.07) is 14.0. The Morgan fingerprint density at radius 2 is 1.60 bits per heavy atom. The van der Waals surface area contributed by atoms with Crippen molar-refractivity contribution in [2.45, 2.75) is 0 Å². The highest BCUT2D eigenvalue weighted by molar-refractivity contribution is 14.1. The molecule has 4 nitrogen and oxygen atoms in total. The van der Waals surface area contributed by atoms with Crippen LogP contribution in [0.4, 0.5) is 5.69 Å². The van der Waals surface area contributed by atoms with Gasteiger partial charge >= 0.3 is 5.97 Å². The van der Waals surface area contributed by atoms with Crippen molar-refractivity contribution in [1.29, 1.82) is 0 Å². The molecule has 20 heavy (non-hydrogen) atoms. The first-order valence-electron chi connectivity index (χ1n) is 5.86. The maximum Gasteiger partial charge on any atom is 0.338 e. The van der Waals surface area contributed by atoms with Gasteiger partial charge in [0.15, 0.2) is 0 Å². The first-order valence-corrected chi connectivity index (χ1v) is 6.94. The Bertz CT molecular complexity index is 655. The standard InChI is InChI=1S/C15H12INO3/c1-20-15(19)11-7-3-2-6-10(11)14(18)17-13-9-5-4-8-12(13)16/h2-9H,1H3,(H,17,18). The maximum absolute atomic E-state index is 12.3.